The molecule has 1 aliphatic rings. The zero-order chi connectivity index (χ0) is 47.8. The fourth-order valence-electron chi connectivity index (χ4n) is 6.05. The molecule has 3 amide bonds. The highest BCUT2D eigenvalue weighted by Gasteiger charge is 2.42. The lowest BCUT2D eigenvalue weighted by Crippen LogP contribution is -2.62. The first-order valence-corrected chi connectivity index (χ1v) is 21.7. The van der Waals surface area contributed by atoms with Crippen molar-refractivity contribution in [2.24, 2.45) is 11.1 Å². The van der Waals surface area contributed by atoms with Crippen LogP contribution in [0, 0.1) is 5.92 Å². The van der Waals surface area contributed by atoms with Gasteiger partial charge in [-0.1, -0.05) is 71.0 Å². The summed E-state index contributed by atoms with van der Waals surface area (Å²) in [6, 6.07) is 21.1. The summed E-state index contributed by atoms with van der Waals surface area (Å²) >= 11 is 0.979. The number of benzene rings is 2. The molecule has 0 spiro atoms. The van der Waals surface area contributed by atoms with Crippen LogP contribution in [0.1, 0.15) is 89.2 Å². The van der Waals surface area contributed by atoms with Crippen molar-refractivity contribution in [3.8, 4) is 22.9 Å². The van der Waals surface area contributed by atoms with Crippen LogP contribution in [-0.2, 0) is 41.9 Å². The summed E-state index contributed by atoms with van der Waals surface area (Å²) in [5.74, 6) is -3.17. The number of carbonyl (C=O) groups excluding carboxylic acids is 5. The second-order valence-corrected chi connectivity index (χ2v) is 18.5. The van der Waals surface area contributed by atoms with Crippen molar-refractivity contribution in [1.29, 1.82) is 0 Å². The van der Waals surface area contributed by atoms with Crippen LogP contribution in [0.25, 0.3) is 11.4 Å². The molecule has 1 saturated heterocycles. The number of hydrogen-bond donors (Lipinski definition) is 4. The molecule has 4 heterocycles. The Morgan fingerprint density at radius 2 is 1.50 bits per heavy atom. The number of esters is 1. The van der Waals surface area contributed by atoms with Gasteiger partial charge in [-0.05, 0) is 66.5 Å². The van der Waals surface area contributed by atoms with E-state index in [0.29, 0.717) is 5.75 Å². The molecular formula is C46H52N7O12S+. The molecule has 0 bridgehead atoms. The van der Waals surface area contributed by atoms with Gasteiger partial charge < -0.3 is 38.9 Å². The molecular weight excluding hydrogens is 875 g/mol. The third-order valence-corrected chi connectivity index (χ3v) is 10.1. The van der Waals surface area contributed by atoms with Gasteiger partial charge in [0.15, 0.2) is 28.1 Å². The Morgan fingerprint density at radius 3 is 2.11 bits per heavy atom. The van der Waals surface area contributed by atoms with E-state index in [0.717, 1.165) is 27.2 Å². The van der Waals surface area contributed by atoms with E-state index in [1.807, 2.05) is 60.7 Å². The number of oxime groups is 1. The molecule has 19 nitrogen and oxygen atoms in total. The van der Waals surface area contributed by atoms with E-state index < -0.39 is 64.8 Å². The molecule has 0 unspecified atom stereocenters. The Labute approximate surface area is 384 Å². The molecule has 0 aliphatic carbocycles. The van der Waals surface area contributed by atoms with Gasteiger partial charge in [0.25, 0.3) is 17.8 Å². The summed E-state index contributed by atoms with van der Waals surface area (Å²) < 4.78 is 29.1. The van der Waals surface area contributed by atoms with Crippen LogP contribution in [-0.4, -0.2) is 80.1 Å². The smallest absolute Gasteiger partial charge is 0.413 e. The lowest BCUT2D eigenvalue weighted by atomic mass is 9.84. The van der Waals surface area contributed by atoms with Crippen molar-refractivity contribution >= 4 is 51.8 Å². The number of β-lactam (4-membered cyclic amide) rings is 1. The molecule has 0 saturated carbocycles. The molecule has 2 atom stereocenters. The Bertz CT molecular complexity index is 2580. The maximum absolute atomic E-state index is 14.0. The van der Waals surface area contributed by atoms with Gasteiger partial charge in [-0.25, -0.2) is 14.6 Å². The molecule has 1 aliphatic heterocycles. The minimum Gasteiger partial charge on any atom is -0.484 e. The average molecular weight is 927 g/mol. The molecule has 4 N–H and O–H groups in total. The van der Waals surface area contributed by atoms with Crippen LogP contribution in [0.5, 0.6) is 11.5 Å². The quantitative estimate of drug-likeness (QED) is 0.0192. The van der Waals surface area contributed by atoms with Gasteiger partial charge >= 0.3 is 12.1 Å². The number of anilines is 1. The van der Waals surface area contributed by atoms with E-state index in [-0.39, 0.29) is 59.2 Å². The molecule has 0 radical (unpaired) electrons. The van der Waals surface area contributed by atoms with Gasteiger partial charge in [-0.15, -0.1) is 11.3 Å². The number of Topliss-reactive ketones (excluding diaryl/α,β-unsaturated/α-hetero) is 1. The molecule has 20 heteroatoms. The minimum atomic E-state index is -1.65. The second kappa shape index (κ2) is 20.2. The third-order valence-electron chi connectivity index (χ3n) is 9.38. The molecule has 3 aromatic heterocycles. The number of rotatable bonds is 18. The molecule has 1 fully saturated rings. The number of aromatic nitrogens is 3. The Kier molecular flexibility index (Phi) is 14.7. The van der Waals surface area contributed by atoms with Crippen molar-refractivity contribution in [1.82, 2.24) is 20.8 Å². The van der Waals surface area contributed by atoms with Gasteiger partial charge in [0, 0.05) is 29.1 Å². The first kappa shape index (κ1) is 48.1. The van der Waals surface area contributed by atoms with Gasteiger partial charge in [-0.2, -0.15) is 0 Å². The second-order valence-electron chi connectivity index (χ2n) is 17.6. The van der Waals surface area contributed by atoms with Crippen LogP contribution in [0.2, 0.25) is 0 Å². The van der Waals surface area contributed by atoms with Crippen LogP contribution in [0.3, 0.4) is 0 Å². The van der Waals surface area contributed by atoms with Crippen molar-refractivity contribution in [2.45, 2.75) is 97.9 Å². The fourth-order valence-corrected chi connectivity index (χ4v) is 6.73. The average Bonchev–Trinajstić information content (AvgIpc) is 3.93. The summed E-state index contributed by atoms with van der Waals surface area (Å²) in [5, 5.41) is 28.5. The number of hydrogen-bond acceptors (Lipinski definition) is 16. The number of pyridine rings is 1. The highest BCUT2D eigenvalue weighted by Crippen LogP contribution is 2.32. The Hall–Kier alpha value is -7.35. The Balaban J connectivity index is 1.14. The van der Waals surface area contributed by atoms with E-state index >= 15 is 0 Å². The standard InChI is InChI=1S/C46H51N7O12S/c1-44(2,3)62-41(57)46(7,8)65-52-38(32-26-66-42(49-32)50-43(58)63-45(4,5)6)34(54)19-29-31(48-39(29)55)22-47-40(56)36-20-30(51-64-36)33-21-35(60-24-27-15-11-9-12-16-27)37(23-53(33)59)61-25-28-17-13-10-14-18-28/h9-18,20-21,23,26,29,31H,19,22,24-25H2,1-8H3,(H3-,47,48,49,50,51,55,56,58,59)/p+1/b52-38-/t29-,31+/m0/s1. The number of amides is 3. The summed E-state index contributed by atoms with van der Waals surface area (Å²) in [6.45, 7) is 13.3. The maximum Gasteiger partial charge on any atom is 0.413 e. The zero-order valence-electron chi connectivity index (χ0n) is 37.7. The normalized spacial score (nSPS) is 15.2. The van der Waals surface area contributed by atoms with E-state index in [2.05, 4.69) is 31.2 Å². The van der Waals surface area contributed by atoms with Crippen LogP contribution >= 0.6 is 11.3 Å². The first-order valence-electron chi connectivity index (χ1n) is 20.8. The first-order chi connectivity index (χ1) is 31.1. The number of thiazole rings is 1. The lowest BCUT2D eigenvalue weighted by molar-refractivity contribution is -0.896. The van der Waals surface area contributed by atoms with Crippen LogP contribution < -0.4 is 30.2 Å². The number of carbonyl (C=O) groups is 5. The molecule has 66 heavy (non-hydrogen) atoms. The summed E-state index contributed by atoms with van der Waals surface area (Å²) in [5.41, 5.74) is -1.60. The van der Waals surface area contributed by atoms with Gasteiger partial charge in [0.2, 0.25) is 23.0 Å². The van der Waals surface area contributed by atoms with E-state index in [1.54, 1.807) is 41.5 Å². The number of ketones is 1. The summed E-state index contributed by atoms with van der Waals surface area (Å²) in [6.07, 6.45) is 0.158. The van der Waals surface area contributed by atoms with E-state index in [9.17, 15) is 29.2 Å². The van der Waals surface area contributed by atoms with Crippen molar-refractivity contribution < 1.29 is 62.2 Å². The maximum atomic E-state index is 14.0. The fraction of sp³-hybridized carbons (Fsp3) is 0.370. The minimum absolute atomic E-state index is 0.00446. The van der Waals surface area contributed by atoms with Crippen molar-refractivity contribution in [3.63, 3.8) is 0 Å². The monoisotopic (exact) mass is 926 g/mol. The van der Waals surface area contributed by atoms with Crippen LogP contribution in [0.4, 0.5) is 9.93 Å². The molecule has 6 rings (SSSR count). The summed E-state index contributed by atoms with van der Waals surface area (Å²) in [4.78, 5) is 75.4. The third kappa shape index (κ3) is 13.1. The zero-order valence-corrected chi connectivity index (χ0v) is 38.5. The predicted molar refractivity (Wildman–Crippen MR) is 238 cm³/mol. The molecule has 2 aromatic carbocycles. The SMILES string of the molecule is CC(C)(C)OC(=O)Nc1nc(/C(=N/OC(C)(C)C(=O)OC(C)(C)C)C(=O)C[C@@H]2C(=O)N[C@@H]2CNC(=O)c2cc(-c3cc(OCc4ccccc4)c(OCc4ccccc4)c[n+]3O)no2)cs1. The lowest BCUT2D eigenvalue weighted by Gasteiger charge is -2.36. The van der Waals surface area contributed by atoms with Gasteiger partial charge in [0.05, 0.1) is 18.0 Å². The number of ether oxygens (including phenoxy) is 4. The van der Waals surface area contributed by atoms with Crippen LogP contribution in [0.15, 0.2) is 94.1 Å². The summed E-state index contributed by atoms with van der Waals surface area (Å²) in [7, 11) is 0. The van der Waals surface area contributed by atoms with Crippen molar-refractivity contribution in [2.75, 3.05) is 11.9 Å². The van der Waals surface area contributed by atoms with Crippen molar-refractivity contribution in [3.05, 3.63) is 107 Å². The predicted octanol–water partition coefficient (Wildman–Crippen LogP) is 6.17. The van der Waals surface area contributed by atoms with E-state index in [1.165, 1.54) is 37.6 Å². The number of nitrogens with one attached hydrogen (secondary N) is 3. The highest BCUT2D eigenvalue weighted by atomic mass is 32.1. The topological polar surface area (TPSA) is 243 Å². The van der Waals surface area contributed by atoms with E-state index in [4.69, 9.17) is 28.3 Å². The van der Waals surface area contributed by atoms with Gasteiger partial charge in [-0.3, -0.25) is 24.9 Å². The molecule has 5 aromatic rings. The van der Waals surface area contributed by atoms with Gasteiger partial charge in [0.1, 0.15) is 30.1 Å². The molecule has 348 valence electrons. The number of nitrogens with zero attached hydrogens (tertiary/aromatic N) is 4. The largest absolute Gasteiger partial charge is 0.484 e. The Morgan fingerprint density at radius 1 is 0.879 bits per heavy atom. The highest BCUT2D eigenvalue weighted by molar-refractivity contribution is 7.14.